The average molecular weight is 507 g/mol. The van der Waals surface area contributed by atoms with E-state index in [-0.39, 0.29) is 5.69 Å². The Morgan fingerprint density at radius 1 is 0.944 bits per heavy atom. The number of halogens is 1. The molecule has 1 aromatic carbocycles. The molecule has 2 aromatic heterocycles. The summed E-state index contributed by atoms with van der Waals surface area (Å²) in [6.45, 7) is 6.02. The number of hydrogen-bond donors (Lipinski definition) is 1. The third-order valence-corrected chi connectivity index (χ3v) is 8.70. The van der Waals surface area contributed by atoms with E-state index in [1.807, 2.05) is 12.1 Å². The van der Waals surface area contributed by atoms with E-state index in [9.17, 15) is 9.90 Å². The highest BCUT2D eigenvalue weighted by atomic mass is 35.5. The molecule has 4 heterocycles. The van der Waals surface area contributed by atoms with Crippen LogP contribution in [0.2, 0.25) is 5.02 Å². The molecule has 0 atom stereocenters. The van der Waals surface area contributed by atoms with Gasteiger partial charge >= 0.3 is 5.97 Å². The predicted molar refractivity (Wildman–Crippen MR) is 145 cm³/mol. The van der Waals surface area contributed by atoms with Crippen LogP contribution in [0.3, 0.4) is 0 Å². The lowest BCUT2D eigenvalue weighted by Gasteiger charge is -2.31. The van der Waals surface area contributed by atoms with E-state index in [2.05, 4.69) is 26.5 Å². The molecule has 6 rings (SSSR count). The molecule has 36 heavy (non-hydrogen) atoms. The minimum atomic E-state index is -0.976. The van der Waals surface area contributed by atoms with Crippen LogP contribution in [0.15, 0.2) is 30.3 Å². The first kappa shape index (κ1) is 23.8. The molecule has 0 spiro atoms. The highest BCUT2D eigenvalue weighted by molar-refractivity contribution is 6.31. The number of carboxylic acid groups (broad SMARTS) is 1. The van der Waals surface area contributed by atoms with Gasteiger partial charge in [-0.25, -0.2) is 9.78 Å². The molecule has 0 unspecified atom stereocenters. The van der Waals surface area contributed by atoms with Gasteiger partial charge in [-0.05, 0) is 80.6 Å². The number of anilines is 1. The van der Waals surface area contributed by atoms with Gasteiger partial charge in [0.15, 0.2) is 5.69 Å². The predicted octanol–water partition coefficient (Wildman–Crippen LogP) is 6.41. The van der Waals surface area contributed by atoms with Gasteiger partial charge in [-0.2, -0.15) is 0 Å². The van der Waals surface area contributed by atoms with Crippen molar-refractivity contribution in [3.05, 3.63) is 46.6 Å². The highest BCUT2D eigenvalue weighted by Crippen LogP contribution is 2.47. The Hall–Kier alpha value is -2.57. The van der Waals surface area contributed by atoms with Gasteiger partial charge in [-0.1, -0.05) is 37.3 Å². The largest absolute Gasteiger partial charge is 0.477 e. The van der Waals surface area contributed by atoms with E-state index in [1.165, 1.54) is 87.0 Å². The van der Waals surface area contributed by atoms with Gasteiger partial charge in [0.25, 0.3) is 0 Å². The Morgan fingerprint density at radius 2 is 1.72 bits per heavy atom. The fourth-order valence-corrected chi connectivity index (χ4v) is 6.83. The fraction of sp³-hybridized carbons (Fsp3) is 0.517. The van der Waals surface area contributed by atoms with Gasteiger partial charge in [0.1, 0.15) is 5.65 Å². The van der Waals surface area contributed by atoms with Crippen molar-refractivity contribution in [1.29, 1.82) is 0 Å². The van der Waals surface area contributed by atoms with Gasteiger partial charge < -0.3 is 19.5 Å². The first-order chi connectivity index (χ1) is 17.6. The van der Waals surface area contributed by atoms with Crippen molar-refractivity contribution in [2.75, 3.05) is 37.6 Å². The van der Waals surface area contributed by atoms with Crippen LogP contribution in [0.4, 0.5) is 5.69 Å². The van der Waals surface area contributed by atoms with E-state index in [0.29, 0.717) is 5.92 Å². The number of rotatable bonds is 5. The number of hydrogen-bond acceptors (Lipinski definition) is 4. The van der Waals surface area contributed by atoms with Crippen molar-refractivity contribution in [3.63, 3.8) is 0 Å². The second-order valence-corrected chi connectivity index (χ2v) is 11.1. The summed E-state index contributed by atoms with van der Waals surface area (Å²) in [5, 5.41) is 11.6. The number of piperidine rings is 1. The number of carbonyl (C=O) groups is 1. The van der Waals surface area contributed by atoms with E-state index in [1.54, 1.807) is 6.07 Å². The number of pyridine rings is 1. The van der Waals surface area contributed by atoms with Crippen molar-refractivity contribution >= 4 is 34.3 Å². The molecule has 0 bridgehead atoms. The summed E-state index contributed by atoms with van der Waals surface area (Å²) < 4.78 is 2.30. The van der Waals surface area contributed by atoms with Gasteiger partial charge in [-0.15, -0.1) is 0 Å². The summed E-state index contributed by atoms with van der Waals surface area (Å²) in [6, 6.07) is 9.97. The lowest BCUT2D eigenvalue weighted by molar-refractivity contribution is 0.0691. The van der Waals surface area contributed by atoms with E-state index >= 15 is 0 Å². The molecule has 0 radical (unpaired) electrons. The van der Waals surface area contributed by atoms with Gasteiger partial charge in [0.05, 0.1) is 5.69 Å². The van der Waals surface area contributed by atoms with Crippen LogP contribution in [-0.4, -0.2) is 58.3 Å². The van der Waals surface area contributed by atoms with Gasteiger partial charge in [0, 0.05) is 47.8 Å². The lowest BCUT2D eigenvalue weighted by Crippen LogP contribution is -2.38. The second kappa shape index (κ2) is 10.1. The molecule has 1 N–H and O–H groups in total. The zero-order valence-electron chi connectivity index (χ0n) is 20.9. The third-order valence-electron chi connectivity index (χ3n) is 8.46. The molecule has 190 valence electrons. The van der Waals surface area contributed by atoms with E-state index < -0.39 is 5.97 Å². The maximum Gasteiger partial charge on any atom is 0.354 e. The molecular formula is C29H35ClN4O2. The minimum absolute atomic E-state index is 0.112. The number of likely N-dealkylation sites (tertiary alicyclic amines) is 1. The van der Waals surface area contributed by atoms with Crippen LogP contribution >= 0.6 is 11.6 Å². The molecule has 1 aliphatic carbocycles. The van der Waals surface area contributed by atoms with Crippen LogP contribution in [0.5, 0.6) is 0 Å². The number of aromatic carboxylic acids is 1. The monoisotopic (exact) mass is 506 g/mol. The van der Waals surface area contributed by atoms with Crippen LogP contribution in [0.25, 0.3) is 22.3 Å². The summed E-state index contributed by atoms with van der Waals surface area (Å²) in [5.74, 6) is -0.506. The molecule has 7 heteroatoms. The Bertz CT molecular complexity index is 1270. The van der Waals surface area contributed by atoms with Crippen LogP contribution < -0.4 is 4.90 Å². The first-order valence-electron chi connectivity index (χ1n) is 13.6. The average Bonchev–Trinajstić information content (AvgIpc) is 3.14. The number of fused-ring (bicyclic) bond motifs is 5. The van der Waals surface area contributed by atoms with E-state index in [0.717, 1.165) is 42.2 Å². The molecule has 1 saturated carbocycles. The summed E-state index contributed by atoms with van der Waals surface area (Å²) in [7, 11) is 0. The van der Waals surface area contributed by atoms with Crippen LogP contribution in [0.1, 0.15) is 73.3 Å². The van der Waals surface area contributed by atoms with Crippen molar-refractivity contribution < 1.29 is 9.90 Å². The lowest BCUT2D eigenvalue weighted by atomic mass is 9.82. The summed E-state index contributed by atoms with van der Waals surface area (Å²) >= 11 is 6.57. The molecule has 3 aliphatic rings. The topological polar surface area (TPSA) is 61.6 Å². The Kier molecular flexibility index (Phi) is 6.65. The smallest absolute Gasteiger partial charge is 0.354 e. The van der Waals surface area contributed by atoms with Crippen molar-refractivity contribution in [1.82, 2.24) is 14.5 Å². The molecule has 2 aliphatic heterocycles. The summed E-state index contributed by atoms with van der Waals surface area (Å²) in [6.07, 6.45) is 10.1. The summed E-state index contributed by atoms with van der Waals surface area (Å²) in [4.78, 5) is 21.6. The number of benzene rings is 1. The molecule has 2 fully saturated rings. The quantitative estimate of drug-likeness (QED) is 0.433. The van der Waals surface area contributed by atoms with Gasteiger partial charge in [0.2, 0.25) is 0 Å². The van der Waals surface area contributed by atoms with Crippen molar-refractivity contribution in [2.24, 2.45) is 0 Å². The number of nitrogens with zero attached hydrogens (tertiary/aromatic N) is 4. The zero-order valence-corrected chi connectivity index (χ0v) is 21.6. The van der Waals surface area contributed by atoms with Crippen molar-refractivity contribution in [3.8, 4) is 11.3 Å². The fourth-order valence-electron chi connectivity index (χ4n) is 6.66. The van der Waals surface area contributed by atoms with E-state index in [4.69, 9.17) is 16.6 Å². The normalized spacial score (nSPS) is 19.2. The van der Waals surface area contributed by atoms with Gasteiger partial charge in [-0.3, -0.25) is 0 Å². The zero-order chi connectivity index (χ0) is 24.6. The SMILES string of the molecule is O=C(O)c1ccc2c(C3CCCCC3)c3n(c2n1)CCN(CCN1CCCCC1)c1cc(Cl)ccc1-3. The second-order valence-electron chi connectivity index (χ2n) is 10.7. The summed E-state index contributed by atoms with van der Waals surface area (Å²) in [5.41, 5.74) is 5.89. The van der Waals surface area contributed by atoms with Crippen LogP contribution in [0, 0.1) is 0 Å². The first-order valence-corrected chi connectivity index (χ1v) is 14.0. The standard InChI is InChI=1S/C29H35ClN4O2/c30-21-9-10-22-25(19-21)33(16-15-32-13-5-2-6-14-32)17-18-34-27(22)26(20-7-3-1-4-8-20)23-11-12-24(29(35)36)31-28(23)34/h9-12,19-20H,1-8,13-18H2,(H,35,36). The third kappa shape index (κ3) is 4.39. The Labute approximate surface area is 217 Å². The minimum Gasteiger partial charge on any atom is -0.477 e. The molecular weight excluding hydrogens is 472 g/mol. The molecule has 6 nitrogen and oxygen atoms in total. The maximum absolute atomic E-state index is 11.8. The molecule has 0 amide bonds. The van der Waals surface area contributed by atoms with Crippen LogP contribution in [-0.2, 0) is 6.54 Å². The number of carboxylic acids is 1. The molecule has 3 aromatic rings. The van der Waals surface area contributed by atoms with Crippen molar-refractivity contribution in [2.45, 2.75) is 63.8 Å². The molecule has 1 saturated heterocycles. The number of aromatic nitrogens is 2. The Morgan fingerprint density at radius 3 is 2.50 bits per heavy atom. The maximum atomic E-state index is 11.8. The Balaban J connectivity index is 1.48. The highest BCUT2D eigenvalue weighted by Gasteiger charge is 2.31.